The molecule has 0 aromatic heterocycles. The molecule has 26 heavy (non-hydrogen) atoms. The van der Waals surface area contributed by atoms with Crippen molar-refractivity contribution < 1.29 is 9.59 Å². The number of nitrogens with zero attached hydrogens (tertiary/aromatic N) is 1. The van der Waals surface area contributed by atoms with Gasteiger partial charge in [-0.3, -0.25) is 14.5 Å². The zero-order chi connectivity index (χ0) is 19.1. The summed E-state index contributed by atoms with van der Waals surface area (Å²) < 4.78 is 0. The first kappa shape index (κ1) is 19.7. The Hall–Kier alpha value is -2.66. The third-order valence-corrected chi connectivity index (χ3v) is 4.62. The van der Waals surface area contributed by atoms with Crippen LogP contribution in [-0.2, 0) is 16.1 Å². The van der Waals surface area contributed by atoms with Gasteiger partial charge in [0.1, 0.15) is 0 Å². The number of carbonyl (C=O) groups excluding carboxylic acids is 2. The topological polar surface area (TPSA) is 61.4 Å². The first-order valence-corrected chi connectivity index (χ1v) is 8.76. The minimum absolute atomic E-state index is 0.101. The molecule has 0 aliphatic carbocycles. The molecule has 2 rings (SSSR count). The lowest BCUT2D eigenvalue weighted by Crippen LogP contribution is -2.45. The Bertz CT molecular complexity index is 759. The molecule has 5 nitrogen and oxygen atoms in total. The largest absolute Gasteiger partial charge is 0.351 e. The van der Waals surface area contributed by atoms with Crippen LogP contribution in [0, 0.1) is 13.8 Å². The molecule has 0 saturated carbocycles. The molecule has 5 heteroatoms. The van der Waals surface area contributed by atoms with Crippen molar-refractivity contribution >= 4 is 17.5 Å². The number of carbonyl (C=O) groups is 2. The molecule has 0 aliphatic heterocycles. The highest BCUT2D eigenvalue weighted by Gasteiger charge is 2.20. The Balaban J connectivity index is 1.85. The number of anilines is 1. The molecule has 0 spiro atoms. The number of aryl methyl sites for hydroxylation is 1. The molecule has 0 unspecified atom stereocenters. The molecule has 2 N–H and O–H groups in total. The van der Waals surface area contributed by atoms with E-state index in [0.29, 0.717) is 6.54 Å². The first-order valence-electron chi connectivity index (χ1n) is 8.76. The van der Waals surface area contributed by atoms with E-state index in [4.69, 9.17) is 0 Å². The molecule has 0 heterocycles. The van der Waals surface area contributed by atoms with Crippen LogP contribution in [0.2, 0.25) is 0 Å². The van der Waals surface area contributed by atoms with Gasteiger partial charge >= 0.3 is 0 Å². The highest BCUT2D eigenvalue weighted by Crippen LogP contribution is 2.17. The minimum atomic E-state index is -0.400. The fourth-order valence-electron chi connectivity index (χ4n) is 2.57. The fourth-order valence-corrected chi connectivity index (χ4v) is 2.57. The standard InChI is InChI=1S/C21H27N3O2/c1-15-9-8-12-19(16(15)2)23-20(25)14-24(4)17(3)21(26)22-13-18-10-6-5-7-11-18/h5-12,17H,13-14H2,1-4H3,(H,22,26)(H,23,25)/t17-/m1/s1. The van der Waals surface area contributed by atoms with Gasteiger partial charge in [0.2, 0.25) is 11.8 Å². The van der Waals surface area contributed by atoms with Crippen LogP contribution in [0.1, 0.15) is 23.6 Å². The number of likely N-dealkylation sites (N-methyl/N-ethyl adjacent to an activating group) is 1. The normalized spacial score (nSPS) is 11.9. The number of benzene rings is 2. The van der Waals surface area contributed by atoms with Crippen LogP contribution in [0.4, 0.5) is 5.69 Å². The van der Waals surface area contributed by atoms with E-state index in [9.17, 15) is 9.59 Å². The molecule has 138 valence electrons. The zero-order valence-corrected chi connectivity index (χ0v) is 15.9. The van der Waals surface area contributed by atoms with Crippen molar-refractivity contribution in [3.05, 3.63) is 65.2 Å². The highest BCUT2D eigenvalue weighted by molar-refractivity contribution is 5.93. The Morgan fingerprint density at radius 2 is 1.73 bits per heavy atom. The van der Waals surface area contributed by atoms with Gasteiger partial charge in [0.15, 0.2) is 0 Å². The van der Waals surface area contributed by atoms with Crippen molar-refractivity contribution in [2.45, 2.75) is 33.4 Å². The summed E-state index contributed by atoms with van der Waals surface area (Å²) in [6, 6.07) is 15.2. The van der Waals surface area contributed by atoms with Gasteiger partial charge < -0.3 is 10.6 Å². The summed E-state index contributed by atoms with van der Waals surface area (Å²) >= 11 is 0. The molecule has 0 saturated heterocycles. The van der Waals surface area contributed by atoms with E-state index in [1.807, 2.05) is 62.4 Å². The lowest BCUT2D eigenvalue weighted by molar-refractivity contribution is -0.126. The molecule has 2 aromatic rings. The summed E-state index contributed by atoms with van der Waals surface area (Å²) in [6.45, 7) is 6.41. The van der Waals surface area contributed by atoms with E-state index in [1.54, 1.807) is 18.9 Å². The van der Waals surface area contributed by atoms with Crippen LogP contribution in [0.25, 0.3) is 0 Å². The molecule has 2 aromatic carbocycles. The van der Waals surface area contributed by atoms with E-state index < -0.39 is 6.04 Å². The second-order valence-corrected chi connectivity index (χ2v) is 6.59. The van der Waals surface area contributed by atoms with Crippen molar-refractivity contribution in [1.82, 2.24) is 10.2 Å². The summed E-state index contributed by atoms with van der Waals surface area (Å²) in [5.74, 6) is -0.236. The van der Waals surface area contributed by atoms with Gasteiger partial charge in [-0.2, -0.15) is 0 Å². The Morgan fingerprint density at radius 1 is 1.04 bits per heavy atom. The number of hydrogen-bond acceptors (Lipinski definition) is 3. The molecule has 0 aliphatic rings. The van der Waals surface area contributed by atoms with E-state index >= 15 is 0 Å². The van der Waals surface area contributed by atoms with Crippen LogP contribution in [0.3, 0.4) is 0 Å². The first-order chi connectivity index (χ1) is 12.4. The van der Waals surface area contributed by atoms with Crippen LogP contribution in [0.15, 0.2) is 48.5 Å². The van der Waals surface area contributed by atoms with Crippen molar-refractivity contribution in [2.75, 3.05) is 18.9 Å². The maximum atomic E-state index is 12.3. The van der Waals surface area contributed by atoms with Crippen molar-refractivity contribution in [2.24, 2.45) is 0 Å². The summed E-state index contributed by atoms with van der Waals surface area (Å²) in [5, 5.41) is 5.83. The molecular weight excluding hydrogens is 326 g/mol. The van der Waals surface area contributed by atoms with E-state index in [0.717, 1.165) is 22.4 Å². The maximum Gasteiger partial charge on any atom is 0.238 e. The quantitative estimate of drug-likeness (QED) is 0.805. The molecule has 0 fully saturated rings. The SMILES string of the molecule is Cc1cccc(NC(=O)CN(C)[C@H](C)C(=O)NCc2ccccc2)c1C. The van der Waals surface area contributed by atoms with Crippen LogP contribution >= 0.6 is 0 Å². The van der Waals surface area contributed by atoms with Crippen LogP contribution < -0.4 is 10.6 Å². The molecular formula is C21H27N3O2. The lowest BCUT2D eigenvalue weighted by atomic mass is 10.1. The zero-order valence-electron chi connectivity index (χ0n) is 15.9. The molecule has 2 amide bonds. The van der Waals surface area contributed by atoms with Crippen molar-refractivity contribution in [3.8, 4) is 0 Å². The van der Waals surface area contributed by atoms with E-state index in [1.165, 1.54) is 0 Å². The second-order valence-electron chi connectivity index (χ2n) is 6.59. The minimum Gasteiger partial charge on any atom is -0.351 e. The van der Waals surface area contributed by atoms with Gasteiger partial charge in [0.25, 0.3) is 0 Å². The summed E-state index contributed by atoms with van der Waals surface area (Å²) in [6.07, 6.45) is 0. The number of hydrogen-bond donors (Lipinski definition) is 2. The second kappa shape index (κ2) is 9.15. The molecule has 0 bridgehead atoms. The lowest BCUT2D eigenvalue weighted by Gasteiger charge is -2.23. The van der Waals surface area contributed by atoms with Gasteiger partial charge in [0.05, 0.1) is 12.6 Å². The van der Waals surface area contributed by atoms with Crippen molar-refractivity contribution in [1.29, 1.82) is 0 Å². The third kappa shape index (κ3) is 5.43. The predicted octanol–water partition coefficient (Wildman–Crippen LogP) is 2.88. The van der Waals surface area contributed by atoms with Gasteiger partial charge in [-0.25, -0.2) is 0 Å². The Morgan fingerprint density at radius 3 is 2.42 bits per heavy atom. The fraction of sp³-hybridized carbons (Fsp3) is 0.333. The van der Waals surface area contributed by atoms with Gasteiger partial charge in [-0.15, -0.1) is 0 Å². The number of nitrogens with one attached hydrogen (secondary N) is 2. The summed E-state index contributed by atoms with van der Waals surface area (Å²) in [7, 11) is 1.77. The number of rotatable bonds is 7. The Kier molecular flexibility index (Phi) is 6.92. The van der Waals surface area contributed by atoms with Crippen molar-refractivity contribution in [3.63, 3.8) is 0 Å². The third-order valence-electron chi connectivity index (χ3n) is 4.62. The van der Waals surface area contributed by atoms with Gasteiger partial charge in [-0.1, -0.05) is 42.5 Å². The monoisotopic (exact) mass is 353 g/mol. The predicted molar refractivity (Wildman–Crippen MR) is 105 cm³/mol. The molecule has 1 atom stereocenters. The van der Waals surface area contributed by atoms with Crippen LogP contribution in [-0.4, -0.2) is 36.3 Å². The average molecular weight is 353 g/mol. The van der Waals surface area contributed by atoms with E-state index in [-0.39, 0.29) is 18.4 Å². The maximum absolute atomic E-state index is 12.3. The smallest absolute Gasteiger partial charge is 0.238 e. The van der Waals surface area contributed by atoms with Gasteiger partial charge in [-0.05, 0) is 50.6 Å². The number of amides is 2. The van der Waals surface area contributed by atoms with Gasteiger partial charge in [0, 0.05) is 12.2 Å². The summed E-state index contributed by atoms with van der Waals surface area (Å²) in [5.41, 5.74) is 4.04. The average Bonchev–Trinajstić information content (AvgIpc) is 2.63. The molecule has 0 radical (unpaired) electrons. The van der Waals surface area contributed by atoms with E-state index in [2.05, 4.69) is 10.6 Å². The summed E-state index contributed by atoms with van der Waals surface area (Å²) in [4.78, 5) is 26.4. The van der Waals surface area contributed by atoms with Crippen LogP contribution in [0.5, 0.6) is 0 Å². The Labute approximate surface area is 155 Å². The highest BCUT2D eigenvalue weighted by atomic mass is 16.2.